The quantitative estimate of drug-likeness (QED) is 0.375. The normalized spacial score (nSPS) is 31.1. The highest BCUT2D eigenvalue weighted by atomic mass is 14.7. The molecule has 0 aromatic rings. The van der Waals surface area contributed by atoms with Crippen molar-refractivity contribution in [3.05, 3.63) is 23.4 Å². The molecule has 0 aromatic heterocycles. The minimum absolute atomic E-state index is 0.0362. The van der Waals surface area contributed by atoms with Gasteiger partial charge in [-0.3, -0.25) is 4.99 Å². The highest BCUT2D eigenvalue weighted by Gasteiger charge is 2.38. The van der Waals surface area contributed by atoms with Crippen LogP contribution in [0.1, 0.15) is 54.9 Å². The van der Waals surface area contributed by atoms with Gasteiger partial charge in [-0.2, -0.15) is 0 Å². The first kappa shape index (κ1) is 15.8. The predicted molar refractivity (Wildman–Crippen MR) is 85.1 cm³/mol. The summed E-state index contributed by atoms with van der Waals surface area (Å²) in [6.45, 7) is 15.0. The van der Waals surface area contributed by atoms with Crippen molar-refractivity contribution in [2.75, 3.05) is 0 Å². The fourth-order valence-electron chi connectivity index (χ4n) is 2.60. The molecule has 0 fully saturated rings. The number of aliphatic imine (C=N–C) groups is 1. The summed E-state index contributed by atoms with van der Waals surface area (Å²) in [7, 11) is 0. The van der Waals surface area contributed by atoms with E-state index in [0.29, 0.717) is 11.8 Å². The van der Waals surface area contributed by atoms with Gasteiger partial charge >= 0.3 is 0 Å². The molecule has 19 heavy (non-hydrogen) atoms. The molecular weight excluding hydrogens is 230 g/mol. The van der Waals surface area contributed by atoms with Crippen LogP contribution in [0.25, 0.3) is 0 Å². The summed E-state index contributed by atoms with van der Waals surface area (Å²) in [5.74, 6) is 7.48. The third-order valence-corrected chi connectivity index (χ3v) is 4.23. The average molecular weight is 257 g/mol. The maximum atomic E-state index is 4.65. The van der Waals surface area contributed by atoms with Gasteiger partial charge in [-0.1, -0.05) is 30.1 Å². The van der Waals surface area contributed by atoms with Crippen LogP contribution in [0.2, 0.25) is 0 Å². The second-order valence-electron chi connectivity index (χ2n) is 6.18. The van der Waals surface area contributed by atoms with Gasteiger partial charge in [0.1, 0.15) is 0 Å². The van der Waals surface area contributed by atoms with Crippen LogP contribution in [0, 0.1) is 29.1 Å². The van der Waals surface area contributed by atoms with Crippen molar-refractivity contribution in [2.24, 2.45) is 22.2 Å². The largest absolute Gasteiger partial charge is 0.265 e. The molecule has 3 unspecified atom stereocenters. The van der Waals surface area contributed by atoms with E-state index >= 15 is 0 Å². The van der Waals surface area contributed by atoms with Gasteiger partial charge in [-0.25, -0.2) is 0 Å². The van der Waals surface area contributed by atoms with E-state index in [1.165, 1.54) is 11.1 Å². The van der Waals surface area contributed by atoms with Gasteiger partial charge in [0, 0.05) is 23.2 Å². The lowest BCUT2D eigenvalue weighted by Crippen LogP contribution is -2.36. The molecule has 0 radical (unpaired) electrons. The van der Waals surface area contributed by atoms with Crippen molar-refractivity contribution >= 4 is 5.71 Å². The van der Waals surface area contributed by atoms with E-state index in [9.17, 15) is 0 Å². The second-order valence-corrected chi connectivity index (χ2v) is 6.18. The molecule has 0 aliphatic heterocycles. The lowest BCUT2D eigenvalue weighted by Gasteiger charge is -2.39. The zero-order valence-corrected chi connectivity index (χ0v) is 13.5. The summed E-state index contributed by atoms with van der Waals surface area (Å²) in [6, 6.07) is 0. The van der Waals surface area contributed by atoms with Crippen LogP contribution in [0.3, 0.4) is 0 Å². The van der Waals surface area contributed by atoms with E-state index in [2.05, 4.69) is 64.5 Å². The van der Waals surface area contributed by atoms with Gasteiger partial charge < -0.3 is 0 Å². The highest BCUT2D eigenvalue weighted by Crippen LogP contribution is 2.42. The van der Waals surface area contributed by atoms with E-state index in [-0.39, 0.29) is 5.41 Å². The zero-order valence-electron chi connectivity index (χ0n) is 13.5. The van der Waals surface area contributed by atoms with Crippen LogP contribution in [0.5, 0.6) is 0 Å². The van der Waals surface area contributed by atoms with Crippen LogP contribution in [0.4, 0.5) is 0 Å². The Hall–Kier alpha value is -1.29. The summed E-state index contributed by atoms with van der Waals surface area (Å²) in [6.07, 6.45) is 5.47. The predicted octanol–water partition coefficient (Wildman–Crippen LogP) is 5.00. The number of nitrogens with zero attached hydrogens (tertiary/aromatic N) is 1. The van der Waals surface area contributed by atoms with Crippen molar-refractivity contribution in [3.63, 3.8) is 0 Å². The summed E-state index contributed by atoms with van der Waals surface area (Å²) in [4.78, 5) is 4.65. The number of allylic oxidation sites excluding steroid dienone is 3. The Morgan fingerprint density at radius 1 is 1.42 bits per heavy atom. The molecule has 1 heteroatoms. The summed E-state index contributed by atoms with van der Waals surface area (Å²) < 4.78 is 0. The Labute approximate surface area is 118 Å². The van der Waals surface area contributed by atoms with Crippen LogP contribution in [0.15, 0.2) is 28.4 Å². The number of hydrogen-bond acceptors (Lipinski definition) is 1. The Kier molecular flexibility index (Phi) is 5.18. The van der Waals surface area contributed by atoms with E-state index in [1.807, 2.05) is 13.1 Å². The fourth-order valence-corrected chi connectivity index (χ4v) is 2.60. The minimum Gasteiger partial charge on any atom is -0.265 e. The average Bonchev–Trinajstić information content (AvgIpc) is 2.33. The lowest BCUT2D eigenvalue weighted by molar-refractivity contribution is 0.339. The Bertz CT molecular complexity index is 478. The van der Waals surface area contributed by atoms with E-state index < -0.39 is 0 Å². The van der Waals surface area contributed by atoms with Crippen molar-refractivity contribution in [2.45, 2.75) is 54.9 Å². The first-order valence-electron chi connectivity index (χ1n) is 7.11. The molecular formula is C18H27N. The molecule has 1 aliphatic rings. The summed E-state index contributed by atoms with van der Waals surface area (Å²) in [5.41, 5.74) is 3.81. The van der Waals surface area contributed by atoms with Gasteiger partial charge in [0.05, 0.1) is 0 Å². The molecule has 0 N–H and O–H groups in total. The highest BCUT2D eigenvalue weighted by molar-refractivity contribution is 5.91. The van der Waals surface area contributed by atoms with Gasteiger partial charge in [-0.05, 0) is 53.9 Å². The Morgan fingerprint density at radius 3 is 2.58 bits per heavy atom. The van der Waals surface area contributed by atoms with Gasteiger partial charge in [-0.15, -0.1) is 5.92 Å². The molecule has 0 aromatic carbocycles. The third kappa shape index (κ3) is 3.60. The van der Waals surface area contributed by atoms with Crippen molar-refractivity contribution in [3.8, 4) is 11.8 Å². The molecule has 0 heterocycles. The summed E-state index contributed by atoms with van der Waals surface area (Å²) in [5, 5.41) is 0. The second kappa shape index (κ2) is 6.24. The topological polar surface area (TPSA) is 12.4 Å². The number of hydrogen-bond donors (Lipinski definition) is 0. The third-order valence-electron chi connectivity index (χ3n) is 4.23. The standard InChI is InChI=1S/C18H27N/c1-8-9-17-10-14(4)15(5)11-18(17,7)16(6)19-12-13(2)3/h11-12,14,17H,10H2,1-7H3. The molecule has 0 saturated heterocycles. The minimum atomic E-state index is -0.0362. The van der Waals surface area contributed by atoms with Crippen molar-refractivity contribution in [1.82, 2.24) is 0 Å². The van der Waals surface area contributed by atoms with Crippen LogP contribution in [-0.4, -0.2) is 5.71 Å². The maximum absolute atomic E-state index is 4.65. The fraction of sp³-hybridized carbons (Fsp3) is 0.611. The lowest BCUT2D eigenvalue weighted by atomic mass is 9.64. The SMILES string of the molecule is CC#CC1CC(C)C(C)=CC1(C)C(C)=NC=C(C)C. The Balaban J connectivity index is 3.25. The van der Waals surface area contributed by atoms with E-state index in [4.69, 9.17) is 0 Å². The van der Waals surface area contributed by atoms with E-state index in [1.54, 1.807) is 0 Å². The molecule has 1 aliphatic carbocycles. The Morgan fingerprint density at radius 2 is 2.05 bits per heavy atom. The van der Waals surface area contributed by atoms with Gasteiger partial charge in [0.15, 0.2) is 0 Å². The number of rotatable bonds is 2. The van der Waals surface area contributed by atoms with Crippen molar-refractivity contribution < 1.29 is 0 Å². The molecule has 0 bridgehead atoms. The maximum Gasteiger partial charge on any atom is 0.0375 e. The summed E-state index contributed by atoms with van der Waals surface area (Å²) >= 11 is 0. The van der Waals surface area contributed by atoms with Gasteiger partial charge in [0.25, 0.3) is 0 Å². The molecule has 0 saturated carbocycles. The van der Waals surface area contributed by atoms with E-state index in [0.717, 1.165) is 12.1 Å². The van der Waals surface area contributed by atoms with Crippen LogP contribution >= 0.6 is 0 Å². The first-order chi connectivity index (χ1) is 8.81. The van der Waals surface area contributed by atoms with Gasteiger partial charge in [0.2, 0.25) is 0 Å². The molecule has 0 spiro atoms. The molecule has 1 nitrogen and oxygen atoms in total. The smallest absolute Gasteiger partial charge is 0.0375 e. The molecule has 3 atom stereocenters. The first-order valence-corrected chi connectivity index (χ1v) is 7.11. The molecule has 104 valence electrons. The zero-order chi connectivity index (χ0) is 14.6. The monoisotopic (exact) mass is 257 g/mol. The van der Waals surface area contributed by atoms with Crippen LogP contribution < -0.4 is 0 Å². The van der Waals surface area contributed by atoms with Crippen LogP contribution in [-0.2, 0) is 0 Å². The molecule has 1 rings (SSSR count). The molecule has 0 amide bonds. The van der Waals surface area contributed by atoms with Crippen molar-refractivity contribution in [1.29, 1.82) is 0 Å².